The van der Waals surface area contributed by atoms with Crippen molar-refractivity contribution in [3.05, 3.63) is 34.9 Å². The molecule has 0 radical (unpaired) electrons. The first-order chi connectivity index (χ1) is 9.78. The second-order valence-corrected chi connectivity index (χ2v) is 5.78. The van der Waals surface area contributed by atoms with Crippen molar-refractivity contribution in [1.82, 2.24) is 5.32 Å². The molecule has 4 heteroatoms. The molecule has 1 aliphatic carbocycles. The highest BCUT2D eigenvalue weighted by Gasteiger charge is 2.26. The number of rotatable bonds is 3. The summed E-state index contributed by atoms with van der Waals surface area (Å²) in [5.74, 6) is 0.163. The largest absolute Gasteiger partial charge is 0.396 e. The van der Waals surface area contributed by atoms with Crippen LogP contribution in [0.5, 0.6) is 0 Å². The predicted molar refractivity (Wildman–Crippen MR) is 75.2 cm³/mol. The lowest BCUT2D eigenvalue weighted by Crippen LogP contribution is -2.43. The first-order valence-electron chi connectivity index (χ1n) is 7.39. The zero-order valence-electron chi connectivity index (χ0n) is 11.6. The van der Waals surface area contributed by atoms with Gasteiger partial charge in [0, 0.05) is 24.1 Å². The topological polar surface area (TPSA) is 58.6 Å². The molecule has 3 rings (SSSR count). The predicted octanol–water partition coefficient (Wildman–Crippen LogP) is 2.00. The zero-order valence-corrected chi connectivity index (χ0v) is 11.6. The summed E-state index contributed by atoms with van der Waals surface area (Å²) in [4.78, 5) is 12.3. The van der Waals surface area contributed by atoms with E-state index in [9.17, 15) is 9.90 Å². The molecule has 2 N–H and O–H groups in total. The van der Waals surface area contributed by atoms with Gasteiger partial charge in [0.2, 0.25) is 0 Å². The monoisotopic (exact) mass is 275 g/mol. The Morgan fingerprint density at radius 1 is 1.25 bits per heavy atom. The maximum absolute atomic E-state index is 12.3. The number of fused-ring (bicyclic) bond motifs is 1. The highest BCUT2D eigenvalue weighted by molar-refractivity contribution is 5.94. The minimum atomic E-state index is -0.0370. The molecule has 0 spiro atoms. The SMILES string of the molecule is O=C(NC1CCCCC1CO)c1ccc2c(c1)COC2. The van der Waals surface area contributed by atoms with Gasteiger partial charge >= 0.3 is 0 Å². The van der Waals surface area contributed by atoms with Gasteiger partial charge in [0.05, 0.1) is 13.2 Å². The van der Waals surface area contributed by atoms with E-state index in [4.69, 9.17) is 4.74 Å². The number of nitrogens with one attached hydrogen (secondary N) is 1. The molecule has 20 heavy (non-hydrogen) atoms. The van der Waals surface area contributed by atoms with Gasteiger partial charge in [0.15, 0.2) is 0 Å². The third-order valence-corrected chi connectivity index (χ3v) is 4.44. The van der Waals surface area contributed by atoms with Gasteiger partial charge in [0.1, 0.15) is 0 Å². The van der Waals surface area contributed by atoms with Crippen molar-refractivity contribution in [3.63, 3.8) is 0 Å². The number of aliphatic hydroxyl groups is 1. The van der Waals surface area contributed by atoms with Crippen LogP contribution in [0.4, 0.5) is 0 Å². The summed E-state index contributed by atoms with van der Waals surface area (Å²) in [6.07, 6.45) is 4.23. The molecule has 2 aliphatic rings. The molecule has 1 fully saturated rings. The summed E-state index contributed by atoms with van der Waals surface area (Å²) in [7, 11) is 0. The van der Waals surface area contributed by atoms with Crippen molar-refractivity contribution in [2.45, 2.75) is 44.9 Å². The Labute approximate surface area is 119 Å². The van der Waals surface area contributed by atoms with E-state index in [1.54, 1.807) is 0 Å². The van der Waals surface area contributed by atoms with Crippen LogP contribution < -0.4 is 5.32 Å². The van der Waals surface area contributed by atoms with Gasteiger partial charge in [-0.05, 0) is 36.1 Å². The number of amides is 1. The number of benzene rings is 1. The molecule has 108 valence electrons. The molecule has 1 heterocycles. The quantitative estimate of drug-likeness (QED) is 0.887. The molecular weight excluding hydrogens is 254 g/mol. The lowest BCUT2D eigenvalue weighted by atomic mass is 9.85. The van der Waals surface area contributed by atoms with Crippen LogP contribution in [0.3, 0.4) is 0 Å². The molecule has 0 saturated heterocycles. The molecule has 1 aromatic carbocycles. The van der Waals surface area contributed by atoms with E-state index in [2.05, 4.69) is 5.32 Å². The molecule has 1 aromatic rings. The summed E-state index contributed by atoms with van der Waals surface area (Å²) in [6.45, 7) is 1.40. The van der Waals surface area contributed by atoms with Crippen molar-refractivity contribution < 1.29 is 14.6 Å². The van der Waals surface area contributed by atoms with E-state index in [0.717, 1.165) is 31.2 Å². The summed E-state index contributed by atoms with van der Waals surface area (Å²) in [6, 6.07) is 5.86. The molecule has 2 unspecified atom stereocenters. The Morgan fingerprint density at radius 2 is 2.05 bits per heavy atom. The molecular formula is C16H21NO3. The maximum atomic E-state index is 12.3. The van der Waals surface area contributed by atoms with Crippen LogP contribution in [0, 0.1) is 5.92 Å². The molecule has 1 aliphatic heterocycles. The fourth-order valence-electron chi connectivity index (χ4n) is 3.18. The molecule has 4 nitrogen and oxygen atoms in total. The van der Waals surface area contributed by atoms with Gasteiger partial charge in [-0.15, -0.1) is 0 Å². The first-order valence-corrected chi connectivity index (χ1v) is 7.39. The van der Waals surface area contributed by atoms with Gasteiger partial charge in [-0.1, -0.05) is 18.9 Å². The Hall–Kier alpha value is -1.39. The van der Waals surface area contributed by atoms with Crippen molar-refractivity contribution in [3.8, 4) is 0 Å². The Kier molecular flexibility index (Phi) is 4.03. The second kappa shape index (κ2) is 5.94. The van der Waals surface area contributed by atoms with E-state index in [1.807, 2.05) is 18.2 Å². The van der Waals surface area contributed by atoms with Crippen LogP contribution in [-0.4, -0.2) is 23.7 Å². The molecule has 1 saturated carbocycles. The molecule has 0 bridgehead atoms. The normalized spacial score (nSPS) is 25.2. The third kappa shape index (κ3) is 2.72. The summed E-state index contributed by atoms with van der Waals surface area (Å²) < 4.78 is 5.37. The van der Waals surface area contributed by atoms with Crippen LogP contribution >= 0.6 is 0 Å². The lowest BCUT2D eigenvalue weighted by molar-refractivity contribution is 0.0872. The van der Waals surface area contributed by atoms with Crippen molar-refractivity contribution >= 4 is 5.91 Å². The van der Waals surface area contributed by atoms with Crippen LogP contribution in [0.25, 0.3) is 0 Å². The minimum Gasteiger partial charge on any atom is -0.396 e. The zero-order chi connectivity index (χ0) is 13.9. The highest BCUT2D eigenvalue weighted by Crippen LogP contribution is 2.25. The second-order valence-electron chi connectivity index (χ2n) is 5.78. The van der Waals surface area contributed by atoms with Crippen molar-refractivity contribution in [1.29, 1.82) is 0 Å². The van der Waals surface area contributed by atoms with Crippen molar-refractivity contribution in [2.75, 3.05) is 6.61 Å². The Morgan fingerprint density at radius 3 is 2.90 bits per heavy atom. The van der Waals surface area contributed by atoms with E-state index < -0.39 is 0 Å². The number of carbonyl (C=O) groups excluding carboxylic acids is 1. The van der Waals surface area contributed by atoms with Crippen LogP contribution in [-0.2, 0) is 18.0 Å². The number of carbonyl (C=O) groups is 1. The van der Waals surface area contributed by atoms with E-state index in [1.165, 1.54) is 5.56 Å². The smallest absolute Gasteiger partial charge is 0.251 e. The number of aliphatic hydroxyl groups excluding tert-OH is 1. The summed E-state index contributed by atoms with van der Waals surface area (Å²) in [5, 5.41) is 12.5. The lowest BCUT2D eigenvalue weighted by Gasteiger charge is -2.30. The van der Waals surface area contributed by atoms with Crippen LogP contribution in [0.15, 0.2) is 18.2 Å². The van der Waals surface area contributed by atoms with Crippen molar-refractivity contribution in [2.24, 2.45) is 5.92 Å². The average molecular weight is 275 g/mol. The average Bonchev–Trinajstić information content (AvgIpc) is 2.95. The molecule has 0 aromatic heterocycles. The van der Waals surface area contributed by atoms with E-state index >= 15 is 0 Å². The Balaban J connectivity index is 1.69. The fourth-order valence-corrected chi connectivity index (χ4v) is 3.18. The van der Waals surface area contributed by atoms with E-state index in [-0.39, 0.29) is 24.5 Å². The van der Waals surface area contributed by atoms with Gasteiger partial charge in [-0.3, -0.25) is 4.79 Å². The first kappa shape index (κ1) is 13.6. The standard InChI is InChI=1S/C16H21NO3/c18-8-12-3-1-2-4-15(12)17-16(19)11-5-6-13-9-20-10-14(13)7-11/h5-7,12,15,18H,1-4,8-10H2,(H,17,19). The van der Waals surface area contributed by atoms with Gasteiger partial charge in [0.25, 0.3) is 5.91 Å². The number of hydrogen-bond donors (Lipinski definition) is 2. The maximum Gasteiger partial charge on any atom is 0.251 e. The summed E-state index contributed by atoms with van der Waals surface area (Å²) >= 11 is 0. The van der Waals surface area contributed by atoms with Gasteiger partial charge in [-0.25, -0.2) is 0 Å². The van der Waals surface area contributed by atoms with Crippen LogP contribution in [0.1, 0.15) is 47.2 Å². The van der Waals surface area contributed by atoms with Gasteiger partial charge in [-0.2, -0.15) is 0 Å². The Bertz CT molecular complexity index is 500. The van der Waals surface area contributed by atoms with Gasteiger partial charge < -0.3 is 15.2 Å². The fraction of sp³-hybridized carbons (Fsp3) is 0.562. The third-order valence-electron chi connectivity index (χ3n) is 4.44. The highest BCUT2D eigenvalue weighted by atomic mass is 16.5. The number of hydrogen-bond acceptors (Lipinski definition) is 3. The number of ether oxygens (including phenoxy) is 1. The van der Waals surface area contributed by atoms with E-state index in [0.29, 0.717) is 18.8 Å². The van der Waals surface area contributed by atoms with Crippen LogP contribution in [0.2, 0.25) is 0 Å². The molecule has 1 amide bonds. The molecule has 2 atom stereocenters. The minimum absolute atomic E-state index is 0.0370. The summed E-state index contributed by atoms with van der Waals surface area (Å²) in [5.41, 5.74) is 2.98.